The first kappa shape index (κ1) is 11.1. The van der Waals surface area contributed by atoms with Crippen molar-refractivity contribution in [1.29, 1.82) is 0 Å². The first-order valence-electron chi connectivity index (χ1n) is 4.71. The van der Waals surface area contributed by atoms with Gasteiger partial charge in [0.2, 0.25) is 0 Å². The van der Waals surface area contributed by atoms with Crippen molar-refractivity contribution in [3.8, 4) is 11.4 Å². The lowest BCUT2D eigenvalue weighted by Gasteiger charge is -2.03. The van der Waals surface area contributed by atoms with Gasteiger partial charge in [-0.3, -0.25) is 0 Å². The molecule has 0 aliphatic rings. The van der Waals surface area contributed by atoms with Crippen LogP contribution in [0.3, 0.4) is 0 Å². The number of hydrogen-bond donors (Lipinski definition) is 1. The van der Waals surface area contributed by atoms with E-state index in [2.05, 4.69) is 4.98 Å². The van der Waals surface area contributed by atoms with Crippen molar-refractivity contribution in [2.45, 2.75) is 6.61 Å². The maximum atomic E-state index is 13.1. The van der Waals surface area contributed by atoms with Crippen LogP contribution in [0.2, 0.25) is 5.15 Å². The van der Waals surface area contributed by atoms with Crippen LogP contribution in [0.15, 0.2) is 24.3 Å². The average molecular weight is 241 g/mol. The molecule has 0 fully saturated rings. The summed E-state index contributed by atoms with van der Waals surface area (Å²) in [7, 11) is 1.73. The predicted octanol–water partition coefficient (Wildman–Crippen LogP) is 2.37. The quantitative estimate of drug-likeness (QED) is 0.875. The molecule has 1 aromatic carbocycles. The molecule has 0 aliphatic carbocycles. The van der Waals surface area contributed by atoms with Gasteiger partial charge in [-0.1, -0.05) is 23.7 Å². The van der Waals surface area contributed by atoms with Crippen LogP contribution in [0.25, 0.3) is 11.4 Å². The van der Waals surface area contributed by atoms with Gasteiger partial charge in [0.25, 0.3) is 0 Å². The number of nitrogens with zero attached hydrogens (tertiary/aromatic N) is 2. The van der Waals surface area contributed by atoms with Crippen LogP contribution in [0.1, 0.15) is 5.69 Å². The molecule has 0 saturated carbocycles. The van der Waals surface area contributed by atoms with Crippen LogP contribution in [-0.4, -0.2) is 14.7 Å². The fourth-order valence-corrected chi connectivity index (χ4v) is 1.82. The van der Waals surface area contributed by atoms with Crippen LogP contribution >= 0.6 is 11.6 Å². The number of hydrogen-bond acceptors (Lipinski definition) is 2. The first-order valence-corrected chi connectivity index (χ1v) is 5.09. The van der Waals surface area contributed by atoms with E-state index >= 15 is 0 Å². The monoisotopic (exact) mass is 240 g/mol. The van der Waals surface area contributed by atoms with E-state index in [0.29, 0.717) is 17.1 Å². The Morgan fingerprint density at radius 2 is 2.25 bits per heavy atom. The molecule has 0 spiro atoms. The molecule has 84 valence electrons. The summed E-state index contributed by atoms with van der Waals surface area (Å²) in [6.45, 7) is -0.197. The average Bonchev–Trinajstić information content (AvgIpc) is 2.54. The number of rotatable bonds is 2. The first-order chi connectivity index (χ1) is 7.63. The Balaban J connectivity index is 2.56. The Hall–Kier alpha value is -1.39. The lowest BCUT2D eigenvalue weighted by molar-refractivity contribution is 0.273. The van der Waals surface area contributed by atoms with Crippen molar-refractivity contribution in [1.82, 2.24) is 9.55 Å². The molecule has 16 heavy (non-hydrogen) atoms. The smallest absolute Gasteiger partial charge is 0.153 e. The second-order valence-electron chi connectivity index (χ2n) is 3.40. The van der Waals surface area contributed by atoms with Gasteiger partial charge in [-0.2, -0.15) is 0 Å². The summed E-state index contributed by atoms with van der Waals surface area (Å²) in [5.74, 6) is 0.204. The molecule has 0 radical (unpaired) electrons. The number of benzene rings is 1. The summed E-state index contributed by atoms with van der Waals surface area (Å²) in [5, 5.41) is 9.33. The zero-order chi connectivity index (χ0) is 11.7. The van der Waals surface area contributed by atoms with Crippen LogP contribution in [-0.2, 0) is 13.7 Å². The molecular weight excluding hydrogens is 231 g/mol. The van der Waals surface area contributed by atoms with Crippen molar-refractivity contribution in [2.24, 2.45) is 7.05 Å². The summed E-state index contributed by atoms with van der Waals surface area (Å²) in [5.41, 5.74) is 1.14. The molecular formula is C11H10ClFN2O. The van der Waals surface area contributed by atoms with Gasteiger partial charge in [0, 0.05) is 12.6 Å². The molecule has 0 unspecified atom stereocenters. The fourth-order valence-electron chi connectivity index (χ4n) is 1.56. The topological polar surface area (TPSA) is 38.0 Å². The molecule has 2 rings (SSSR count). The van der Waals surface area contributed by atoms with E-state index < -0.39 is 0 Å². The summed E-state index contributed by atoms with van der Waals surface area (Å²) < 4.78 is 14.7. The third-order valence-electron chi connectivity index (χ3n) is 2.40. The molecule has 5 heteroatoms. The van der Waals surface area contributed by atoms with Crippen molar-refractivity contribution in [3.05, 3.63) is 40.9 Å². The number of halogens is 2. The van der Waals surface area contributed by atoms with Gasteiger partial charge in [0.1, 0.15) is 11.6 Å². The summed E-state index contributed by atoms with van der Waals surface area (Å²) >= 11 is 5.85. The van der Waals surface area contributed by atoms with Gasteiger partial charge in [0.15, 0.2) is 5.15 Å². The van der Waals surface area contributed by atoms with Crippen molar-refractivity contribution >= 4 is 11.6 Å². The van der Waals surface area contributed by atoms with Crippen molar-refractivity contribution in [3.63, 3.8) is 0 Å². The molecule has 0 atom stereocenters. The Kier molecular flexibility index (Phi) is 2.94. The number of aliphatic hydroxyl groups excluding tert-OH is 1. The SMILES string of the molecule is Cn1c(-c2cccc(F)c2)nc(Cl)c1CO. The minimum Gasteiger partial charge on any atom is -0.390 e. The van der Waals surface area contributed by atoms with Gasteiger partial charge in [0.05, 0.1) is 12.3 Å². The fraction of sp³-hybridized carbons (Fsp3) is 0.182. The second-order valence-corrected chi connectivity index (χ2v) is 3.76. The third-order valence-corrected chi connectivity index (χ3v) is 2.70. The van der Waals surface area contributed by atoms with Gasteiger partial charge in [-0.25, -0.2) is 9.37 Å². The molecule has 1 aromatic heterocycles. The van der Waals surface area contributed by atoms with E-state index in [1.807, 2.05) is 0 Å². The Labute approximate surface area is 97.1 Å². The Morgan fingerprint density at radius 1 is 1.50 bits per heavy atom. The van der Waals surface area contributed by atoms with Crippen molar-refractivity contribution < 1.29 is 9.50 Å². The lowest BCUT2D eigenvalue weighted by Crippen LogP contribution is -1.98. The molecule has 0 amide bonds. The standard InChI is InChI=1S/C11H10ClFN2O/c1-15-9(6-16)10(12)14-11(15)7-3-2-4-8(13)5-7/h2-5,16H,6H2,1H3. The van der Waals surface area contributed by atoms with Crippen LogP contribution in [0.4, 0.5) is 4.39 Å². The van der Waals surface area contributed by atoms with E-state index in [9.17, 15) is 4.39 Å². The Morgan fingerprint density at radius 3 is 2.81 bits per heavy atom. The van der Waals surface area contributed by atoms with Gasteiger partial charge < -0.3 is 9.67 Å². The van der Waals surface area contributed by atoms with E-state index in [1.165, 1.54) is 12.1 Å². The maximum Gasteiger partial charge on any atom is 0.153 e. The maximum absolute atomic E-state index is 13.1. The van der Waals surface area contributed by atoms with Crippen LogP contribution < -0.4 is 0 Å². The summed E-state index contributed by atoms with van der Waals surface area (Å²) in [4.78, 5) is 4.09. The number of aromatic nitrogens is 2. The molecule has 0 saturated heterocycles. The van der Waals surface area contributed by atoms with Crippen molar-refractivity contribution in [2.75, 3.05) is 0 Å². The highest BCUT2D eigenvalue weighted by molar-refractivity contribution is 6.30. The third kappa shape index (κ3) is 1.81. The van der Waals surface area contributed by atoms with E-state index in [0.717, 1.165) is 0 Å². The largest absolute Gasteiger partial charge is 0.390 e. The molecule has 0 aliphatic heterocycles. The van der Waals surface area contributed by atoms with Gasteiger partial charge in [-0.15, -0.1) is 0 Å². The minimum atomic E-state index is -0.331. The van der Waals surface area contributed by atoms with E-state index in [-0.39, 0.29) is 17.6 Å². The van der Waals surface area contributed by atoms with E-state index in [4.69, 9.17) is 16.7 Å². The van der Waals surface area contributed by atoms with Gasteiger partial charge in [-0.05, 0) is 12.1 Å². The summed E-state index contributed by atoms with van der Waals surface area (Å²) in [6.07, 6.45) is 0. The summed E-state index contributed by atoms with van der Waals surface area (Å²) in [6, 6.07) is 6.08. The van der Waals surface area contributed by atoms with Gasteiger partial charge >= 0.3 is 0 Å². The highest BCUT2D eigenvalue weighted by atomic mass is 35.5. The molecule has 3 nitrogen and oxygen atoms in total. The zero-order valence-electron chi connectivity index (χ0n) is 8.61. The molecule has 0 bridgehead atoms. The normalized spacial score (nSPS) is 10.8. The zero-order valence-corrected chi connectivity index (χ0v) is 9.37. The molecule has 1 heterocycles. The predicted molar refractivity (Wildman–Crippen MR) is 59.5 cm³/mol. The lowest BCUT2D eigenvalue weighted by atomic mass is 10.2. The van der Waals surface area contributed by atoms with Crippen LogP contribution in [0, 0.1) is 5.82 Å². The number of aliphatic hydroxyl groups is 1. The number of imidazole rings is 1. The van der Waals surface area contributed by atoms with Crippen LogP contribution in [0.5, 0.6) is 0 Å². The highest BCUT2D eigenvalue weighted by Crippen LogP contribution is 2.24. The Bertz CT molecular complexity index is 525. The van der Waals surface area contributed by atoms with E-state index in [1.54, 1.807) is 23.7 Å². The second kappa shape index (κ2) is 4.23. The highest BCUT2D eigenvalue weighted by Gasteiger charge is 2.13. The minimum absolute atomic E-state index is 0.197. The molecule has 2 aromatic rings. The molecule has 1 N–H and O–H groups in total.